The van der Waals surface area contributed by atoms with Crippen molar-refractivity contribution >= 4 is 27.3 Å². The van der Waals surface area contributed by atoms with Crippen LogP contribution in [0.5, 0.6) is 0 Å². The first-order chi connectivity index (χ1) is 10.7. The molecule has 3 N–H and O–H groups in total. The van der Waals surface area contributed by atoms with E-state index in [9.17, 15) is 22.0 Å². The standard InChI is InChI=1S/C13H19F2N3O3S2/c1-9-4-5-11(22-9)23(20,21)18-6-2-3-10(18)12(19)17-8-13(14,15)7-16/h4-5,10H,2-3,6-8,16H2,1H3,(H,17,19). The molecule has 0 saturated carbocycles. The van der Waals surface area contributed by atoms with Crippen molar-refractivity contribution in [3.63, 3.8) is 0 Å². The van der Waals surface area contributed by atoms with Crippen molar-refractivity contribution in [2.45, 2.75) is 35.9 Å². The number of alkyl halides is 2. The highest BCUT2D eigenvalue weighted by Gasteiger charge is 2.40. The fourth-order valence-corrected chi connectivity index (χ4v) is 5.43. The van der Waals surface area contributed by atoms with Crippen molar-refractivity contribution in [1.82, 2.24) is 9.62 Å². The average molecular weight is 367 g/mol. The van der Waals surface area contributed by atoms with Gasteiger partial charge in [-0.3, -0.25) is 4.79 Å². The molecule has 1 atom stereocenters. The molecule has 10 heteroatoms. The summed E-state index contributed by atoms with van der Waals surface area (Å²) < 4.78 is 52.7. The number of nitrogens with two attached hydrogens (primary N) is 1. The maximum Gasteiger partial charge on any atom is 0.277 e. The molecule has 1 amide bonds. The van der Waals surface area contributed by atoms with E-state index in [0.717, 1.165) is 20.5 Å². The van der Waals surface area contributed by atoms with Crippen LogP contribution < -0.4 is 11.1 Å². The summed E-state index contributed by atoms with van der Waals surface area (Å²) in [6.45, 7) is 0.205. The van der Waals surface area contributed by atoms with E-state index in [2.05, 4.69) is 5.32 Å². The predicted molar refractivity (Wildman–Crippen MR) is 83.0 cm³/mol. The van der Waals surface area contributed by atoms with Crippen LogP contribution in [0.25, 0.3) is 0 Å². The Kier molecular flexibility index (Phi) is 5.39. The molecule has 0 aliphatic carbocycles. The fourth-order valence-electron chi connectivity index (χ4n) is 2.36. The van der Waals surface area contributed by atoms with Crippen molar-refractivity contribution in [2.24, 2.45) is 5.73 Å². The number of carbonyl (C=O) groups excluding carboxylic acids is 1. The molecule has 1 aliphatic heterocycles. The molecule has 1 fully saturated rings. The van der Waals surface area contributed by atoms with Gasteiger partial charge in [0, 0.05) is 11.4 Å². The zero-order chi connectivity index (χ0) is 17.3. The molecular formula is C13H19F2N3O3S2. The van der Waals surface area contributed by atoms with Crippen LogP contribution in [-0.4, -0.2) is 50.2 Å². The van der Waals surface area contributed by atoms with E-state index >= 15 is 0 Å². The Morgan fingerprint density at radius 3 is 2.78 bits per heavy atom. The number of carbonyl (C=O) groups is 1. The normalized spacial score (nSPS) is 19.9. The van der Waals surface area contributed by atoms with Crippen LogP contribution in [-0.2, 0) is 14.8 Å². The van der Waals surface area contributed by atoms with E-state index in [4.69, 9.17) is 5.73 Å². The quantitative estimate of drug-likeness (QED) is 0.782. The Morgan fingerprint density at radius 1 is 1.52 bits per heavy atom. The lowest BCUT2D eigenvalue weighted by molar-refractivity contribution is -0.126. The minimum Gasteiger partial charge on any atom is -0.349 e. The van der Waals surface area contributed by atoms with Gasteiger partial charge in [0.15, 0.2) is 0 Å². The number of sulfonamides is 1. The first-order valence-corrected chi connectivity index (χ1v) is 9.37. The maximum absolute atomic E-state index is 13.1. The van der Waals surface area contributed by atoms with Crippen LogP contribution in [0.3, 0.4) is 0 Å². The van der Waals surface area contributed by atoms with Gasteiger partial charge in [-0.25, -0.2) is 17.2 Å². The number of nitrogens with one attached hydrogen (secondary N) is 1. The summed E-state index contributed by atoms with van der Waals surface area (Å²) in [5.41, 5.74) is 4.91. The van der Waals surface area contributed by atoms with E-state index < -0.39 is 41.0 Å². The zero-order valence-corrected chi connectivity index (χ0v) is 14.2. The third kappa shape index (κ3) is 4.06. The second kappa shape index (κ2) is 6.80. The molecule has 0 bridgehead atoms. The molecule has 1 aromatic rings. The number of rotatable bonds is 6. The number of hydrogen-bond donors (Lipinski definition) is 2. The second-order valence-electron chi connectivity index (χ2n) is 5.42. The highest BCUT2D eigenvalue weighted by Crippen LogP contribution is 2.30. The largest absolute Gasteiger partial charge is 0.349 e. The number of thiophene rings is 1. The highest BCUT2D eigenvalue weighted by atomic mass is 32.2. The van der Waals surface area contributed by atoms with Crippen molar-refractivity contribution in [3.8, 4) is 0 Å². The van der Waals surface area contributed by atoms with Crippen LogP contribution in [0.15, 0.2) is 16.3 Å². The van der Waals surface area contributed by atoms with E-state index in [-0.39, 0.29) is 10.8 Å². The number of nitrogens with zero attached hydrogens (tertiary/aromatic N) is 1. The smallest absolute Gasteiger partial charge is 0.277 e. The summed E-state index contributed by atoms with van der Waals surface area (Å²) in [6, 6.07) is 2.21. The molecule has 0 spiro atoms. The third-order valence-corrected chi connectivity index (χ3v) is 6.98. The first kappa shape index (κ1) is 18.2. The van der Waals surface area contributed by atoms with Crippen LogP contribution in [0.4, 0.5) is 8.78 Å². The average Bonchev–Trinajstić information content (AvgIpc) is 3.14. The van der Waals surface area contributed by atoms with Crippen molar-refractivity contribution < 1.29 is 22.0 Å². The summed E-state index contributed by atoms with van der Waals surface area (Å²) in [5, 5.41) is 2.10. The lowest BCUT2D eigenvalue weighted by atomic mass is 10.2. The van der Waals surface area contributed by atoms with Gasteiger partial charge in [0.05, 0.1) is 13.1 Å². The Hall–Kier alpha value is -1.10. The third-order valence-electron chi connectivity index (χ3n) is 3.60. The van der Waals surface area contributed by atoms with Gasteiger partial charge in [-0.2, -0.15) is 4.31 Å². The molecule has 6 nitrogen and oxygen atoms in total. The van der Waals surface area contributed by atoms with Crippen molar-refractivity contribution in [2.75, 3.05) is 19.6 Å². The monoisotopic (exact) mass is 367 g/mol. The minimum atomic E-state index is -3.79. The molecule has 23 heavy (non-hydrogen) atoms. The van der Waals surface area contributed by atoms with Crippen LogP contribution in [0.1, 0.15) is 17.7 Å². The van der Waals surface area contributed by atoms with Crippen molar-refractivity contribution in [1.29, 1.82) is 0 Å². The number of amides is 1. The minimum absolute atomic E-state index is 0.155. The summed E-state index contributed by atoms with van der Waals surface area (Å²) in [6.07, 6.45) is 0.818. The highest BCUT2D eigenvalue weighted by molar-refractivity contribution is 7.91. The van der Waals surface area contributed by atoms with Gasteiger partial charge in [-0.1, -0.05) is 0 Å². The predicted octanol–water partition coefficient (Wildman–Crippen LogP) is 0.920. The van der Waals surface area contributed by atoms with E-state index in [1.807, 2.05) is 0 Å². The second-order valence-corrected chi connectivity index (χ2v) is 8.82. The Bertz CT molecular complexity index is 676. The lowest BCUT2D eigenvalue weighted by Gasteiger charge is -2.23. The fraction of sp³-hybridized carbons (Fsp3) is 0.615. The topological polar surface area (TPSA) is 92.5 Å². The van der Waals surface area contributed by atoms with Gasteiger partial charge >= 0.3 is 0 Å². The summed E-state index contributed by atoms with van der Waals surface area (Å²) in [7, 11) is -3.79. The van der Waals surface area contributed by atoms with Gasteiger partial charge in [0.2, 0.25) is 5.91 Å². The molecule has 2 heterocycles. The van der Waals surface area contributed by atoms with Crippen molar-refractivity contribution in [3.05, 3.63) is 17.0 Å². The molecule has 1 saturated heterocycles. The van der Waals surface area contributed by atoms with E-state index in [1.165, 1.54) is 6.07 Å². The Labute approximate surface area is 137 Å². The molecular weight excluding hydrogens is 348 g/mol. The molecule has 1 unspecified atom stereocenters. The summed E-state index contributed by atoms with van der Waals surface area (Å²) in [4.78, 5) is 13.0. The molecule has 1 aromatic heterocycles. The zero-order valence-electron chi connectivity index (χ0n) is 12.6. The summed E-state index contributed by atoms with van der Waals surface area (Å²) in [5.74, 6) is -3.92. The van der Waals surface area contributed by atoms with Gasteiger partial charge in [0.1, 0.15) is 10.3 Å². The summed E-state index contributed by atoms with van der Waals surface area (Å²) >= 11 is 1.12. The lowest BCUT2D eigenvalue weighted by Crippen LogP contribution is -2.49. The molecule has 0 radical (unpaired) electrons. The molecule has 0 aromatic carbocycles. The molecule has 1 aliphatic rings. The number of aryl methyl sites for hydroxylation is 1. The van der Waals surface area contributed by atoms with E-state index in [1.54, 1.807) is 13.0 Å². The SMILES string of the molecule is Cc1ccc(S(=O)(=O)N2CCCC2C(=O)NCC(F)(F)CN)s1. The Balaban J connectivity index is 2.12. The maximum atomic E-state index is 13.1. The molecule has 130 valence electrons. The van der Waals surface area contributed by atoms with Gasteiger partial charge < -0.3 is 11.1 Å². The van der Waals surface area contributed by atoms with Crippen LogP contribution in [0, 0.1) is 6.92 Å². The van der Waals surface area contributed by atoms with Crippen LogP contribution in [0.2, 0.25) is 0 Å². The van der Waals surface area contributed by atoms with Crippen LogP contribution >= 0.6 is 11.3 Å². The van der Waals surface area contributed by atoms with Gasteiger partial charge in [-0.15, -0.1) is 11.3 Å². The van der Waals surface area contributed by atoms with E-state index in [0.29, 0.717) is 12.8 Å². The number of halogens is 2. The van der Waals surface area contributed by atoms with Gasteiger partial charge in [-0.05, 0) is 31.9 Å². The van der Waals surface area contributed by atoms with Gasteiger partial charge in [0.25, 0.3) is 15.9 Å². The first-order valence-electron chi connectivity index (χ1n) is 7.11. The Morgan fingerprint density at radius 2 is 2.22 bits per heavy atom. The molecule has 2 rings (SSSR count). The number of hydrogen-bond acceptors (Lipinski definition) is 5.